The molecule has 0 amide bonds. The first kappa shape index (κ1) is 12.9. The number of nitrogens with one attached hydrogen (secondary N) is 1. The highest BCUT2D eigenvalue weighted by Crippen LogP contribution is 2.32. The minimum Gasteiger partial charge on any atom is -0.462 e. The highest BCUT2D eigenvalue weighted by molar-refractivity contribution is 5.77. The fraction of sp³-hybridized carbons (Fsp3) is 0.929. The molecule has 2 rings (SSSR count). The van der Waals surface area contributed by atoms with E-state index in [1.165, 1.54) is 25.7 Å². The van der Waals surface area contributed by atoms with Crippen LogP contribution in [0, 0.1) is 5.41 Å². The summed E-state index contributed by atoms with van der Waals surface area (Å²) in [6.45, 7) is 3.85. The summed E-state index contributed by atoms with van der Waals surface area (Å²) in [5, 5.41) is 3.29. The molecule has 1 aliphatic carbocycles. The van der Waals surface area contributed by atoms with Gasteiger partial charge in [-0.15, -0.1) is 0 Å². The van der Waals surface area contributed by atoms with Crippen LogP contribution in [0.4, 0.5) is 0 Å². The predicted molar refractivity (Wildman–Crippen MR) is 67.8 cm³/mol. The van der Waals surface area contributed by atoms with Crippen molar-refractivity contribution in [1.82, 2.24) is 5.32 Å². The van der Waals surface area contributed by atoms with E-state index < -0.39 is 0 Å². The minimum atomic E-state index is -0.230. The summed E-state index contributed by atoms with van der Waals surface area (Å²) >= 11 is 0. The molecular weight excluding hydrogens is 214 g/mol. The Kier molecular flexibility index (Phi) is 4.43. The van der Waals surface area contributed by atoms with Crippen molar-refractivity contribution in [2.75, 3.05) is 13.1 Å². The Morgan fingerprint density at radius 1 is 1.29 bits per heavy atom. The van der Waals surface area contributed by atoms with Crippen molar-refractivity contribution in [3.63, 3.8) is 0 Å². The van der Waals surface area contributed by atoms with E-state index in [1.807, 2.05) is 0 Å². The van der Waals surface area contributed by atoms with Crippen molar-refractivity contribution < 1.29 is 9.53 Å². The maximum absolute atomic E-state index is 12.3. The van der Waals surface area contributed by atoms with Crippen molar-refractivity contribution in [3.8, 4) is 0 Å². The molecule has 98 valence electrons. The highest BCUT2D eigenvalue weighted by atomic mass is 16.5. The number of hydrogen-bond acceptors (Lipinski definition) is 3. The number of ether oxygens (including phenoxy) is 1. The first-order chi connectivity index (χ1) is 8.27. The molecule has 1 saturated heterocycles. The molecule has 2 aliphatic rings. The molecule has 1 heterocycles. The van der Waals surface area contributed by atoms with Gasteiger partial charge in [0.15, 0.2) is 0 Å². The fourth-order valence-electron chi connectivity index (χ4n) is 3.00. The normalized spacial score (nSPS) is 31.1. The van der Waals surface area contributed by atoms with Gasteiger partial charge in [-0.05, 0) is 45.1 Å². The summed E-state index contributed by atoms with van der Waals surface area (Å²) in [6.07, 6.45) is 9.20. The van der Waals surface area contributed by atoms with Gasteiger partial charge in [0.2, 0.25) is 0 Å². The highest BCUT2D eigenvalue weighted by Gasteiger charge is 2.41. The molecule has 0 radical (unpaired) electrons. The molecule has 1 unspecified atom stereocenters. The van der Waals surface area contributed by atoms with Gasteiger partial charge in [0.1, 0.15) is 6.10 Å². The van der Waals surface area contributed by atoms with Gasteiger partial charge in [0.05, 0.1) is 5.41 Å². The topological polar surface area (TPSA) is 38.3 Å². The van der Waals surface area contributed by atoms with Crippen molar-refractivity contribution in [2.24, 2.45) is 5.41 Å². The Hall–Kier alpha value is -0.570. The molecule has 0 aromatic heterocycles. The Morgan fingerprint density at radius 2 is 2.00 bits per heavy atom. The Bertz CT molecular complexity index is 251. The Balaban J connectivity index is 1.90. The lowest BCUT2D eigenvalue weighted by atomic mass is 9.84. The molecule has 0 bridgehead atoms. The summed E-state index contributed by atoms with van der Waals surface area (Å²) in [5.74, 6) is 0.0527. The maximum Gasteiger partial charge on any atom is 0.313 e. The van der Waals surface area contributed by atoms with Crippen LogP contribution < -0.4 is 5.32 Å². The van der Waals surface area contributed by atoms with Gasteiger partial charge in [-0.2, -0.15) is 0 Å². The average Bonchev–Trinajstić information content (AvgIpc) is 2.70. The van der Waals surface area contributed by atoms with Crippen LogP contribution in [-0.4, -0.2) is 25.2 Å². The second kappa shape index (κ2) is 5.85. The molecule has 0 aromatic carbocycles. The van der Waals surface area contributed by atoms with Crippen LogP contribution >= 0.6 is 0 Å². The maximum atomic E-state index is 12.3. The summed E-state index contributed by atoms with van der Waals surface area (Å²) in [5.41, 5.74) is -0.230. The zero-order valence-corrected chi connectivity index (χ0v) is 11.0. The van der Waals surface area contributed by atoms with Crippen LogP contribution in [0.15, 0.2) is 0 Å². The minimum absolute atomic E-state index is 0.0527. The van der Waals surface area contributed by atoms with E-state index in [0.717, 1.165) is 38.8 Å². The molecule has 1 saturated carbocycles. The fourth-order valence-corrected chi connectivity index (χ4v) is 3.00. The second-order valence-corrected chi connectivity index (χ2v) is 5.58. The Labute approximate surface area is 104 Å². The second-order valence-electron chi connectivity index (χ2n) is 5.58. The van der Waals surface area contributed by atoms with Crippen LogP contribution in [0.2, 0.25) is 0 Å². The predicted octanol–water partition coefficient (Wildman–Crippen LogP) is 2.64. The molecule has 1 atom stereocenters. The van der Waals surface area contributed by atoms with Gasteiger partial charge in [-0.3, -0.25) is 4.79 Å². The van der Waals surface area contributed by atoms with E-state index in [1.54, 1.807) is 0 Å². The van der Waals surface area contributed by atoms with E-state index in [9.17, 15) is 4.79 Å². The van der Waals surface area contributed by atoms with Crippen LogP contribution in [0.25, 0.3) is 0 Å². The quantitative estimate of drug-likeness (QED) is 0.608. The largest absolute Gasteiger partial charge is 0.462 e. The van der Waals surface area contributed by atoms with Crippen LogP contribution in [0.5, 0.6) is 0 Å². The van der Waals surface area contributed by atoms with Gasteiger partial charge in [0.25, 0.3) is 0 Å². The van der Waals surface area contributed by atoms with Gasteiger partial charge in [0, 0.05) is 6.54 Å². The van der Waals surface area contributed by atoms with E-state index >= 15 is 0 Å². The van der Waals surface area contributed by atoms with Crippen LogP contribution in [-0.2, 0) is 9.53 Å². The van der Waals surface area contributed by atoms with E-state index in [4.69, 9.17) is 4.74 Å². The molecule has 1 aliphatic heterocycles. The van der Waals surface area contributed by atoms with Crippen molar-refractivity contribution in [3.05, 3.63) is 0 Å². The smallest absolute Gasteiger partial charge is 0.313 e. The van der Waals surface area contributed by atoms with E-state index in [0.29, 0.717) is 0 Å². The summed E-state index contributed by atoms with van der Waals surface area (Å²) in [4.78, 5) is 12.3. The summed E-state index contributed by atoms with van der Waals surface area (Å²) in [7, 11) is 0. The lowest BCUT2D eigenvalue weighted by molar-refractivity contribution is -0.161. The first-order valence-electron chi connectivity index (χ1n) is 7.19. The van der Waals surface area contributed by atoms with Gasteiger partial charge in [-0.1, -0.05) is 19.8 Å². The molecule has 2 fully saturated rings. The molecule has 1 N–H and O–H groups in total. The molecule has 17 heavy (non-hydrogen) atoms. The van der Waals surface area contributed by atoms with Crippen molar-refractivity contribution in [2.45, 2.75) is 64.4 Å². The number of hydrogen-bond donors (Lipinski definition) is 1. The van der Waals surface area contributed by atoms with Crippen molar-refractivity contribution in [1.29, 1.82) is 0 Å². The van der Waals surface area contributed by atoms with E-state index in [-0.39, 0.29) is 17.5 Å². The van der Waals surface area contributed by atoms with Gasteiger partial charge in [-0.25, -0.2) is 0 Å². The molecule has 0 spiro atoms. The SMILES string of the molecule is CCC1(C(=O)OC2CCCCCC2)CCNC1. The van der Waals surface area contributed by atoms with Crippen LogP contribution in [0.1, 0.15) is 58.3 Å². The third-order valence-electron chi connectivity index (χ3n) is 4.43. The standard InChI is InChI=1S/C14H25NO2/c1-2-14(9-10-15-11-14)13(16)17-12-7-5-3-4-6-8-12/h12,15H,2-11H2,1H3. The van der Waals surface area contributed by atoms with Crippen molar-refractivity contribution >= 4 is 5.97 Å². The third kappa shape index (κ3) is 3.01. The first-order valence-corrected chi connectivity index (χ1v) is 7.19. The summed E-state index contributed by atoms with van der Waals surface area (Å²) in [6, 6.07) is 0. The zero-order valence-electron chi connectivity index (χ0n) is 11.0. The number of rotatable bonds is 3. The number of carbonyl (C=O) groups excluding carboxylic acids is 1. The molecule has 3 heteroatoms. The number of carbonyl (C=O) groups is 1. The lowest BCUT2D eigenvalue weighted by Crippen LogP contribution is -2.36. The number of esters is 1. The molecule has 3 nitrogen and oxygen atoms in total. The zero-order chi connectivity index (χ0) is 12.1. The van der Waals surface area contributed by atoms with Crippen LogP contribution in [0.3, 0.4) is 0 Å². The lowest BCUT2D eigenvalue weighted by Gasteiger charge is -2.27. The van der Waals surface area contributed by atoms with Gasteiger partial charge < -0.3 is 10.1 Å². The van der Waals surface area contributed by atoms with E-state index in [2.05, 4.69) is 12.2 Å². The summed E-state index contributed by atoms with van der Waals surface area (Å²) < 4.78 is 5.77. The Morgan fingerprint density at radius 3 is 2.53 bits per heavy atom. The average molecular weight is 239 g/mol. The molecular formula is C14H25NO2. The van der Waals surface area contributed by atoms with Gasteiger partial charge >= 0.3 is 5.97 Å². The molecule has 0 aromatic rings. The third-order valence-corrected chi connectivity index (χ3v) is 4.43. The monoisotopic (exact) mass is 239 g/mol.